The van der Waals surface area contributed by atoms with Gasteiger partial charge in [-0.2, -0.15) is 0 Å². The minimum Gasteiger partial charge on any atom is -0.338 e. The highest BCUT2D eigenvalue weighted by Gasteiger charge is 2.25. The zero-order valence-corrected chi connectivity index (χ0v) is 12.6. The highest BCUT2D eigenvalue weighted by molar-refractivity contribution is 7.99. The average molecular weight is 298 g/mol. The molecule has 0 radical (unpaired) electrons. The zero-order chi connectivity index (χ0) is 14.5. The SMILES string of the molecule is O=CN1CCCC[C@H]1c1cccnc1Sc1ccccc1. The van der Waals surface area contributed by atoms with Crippen molar-refractivity contribution in [2.75, 3.05) is 6.54 Å². The zero-order valence-electron chi connectivity index (χ0n) is 11.8. The van der Waals surface area contributed by atoms with Crippen LogP contribution in [0.3, 0.4) is 0 Å². The van der Waals surface area contributed by atoms with Crippen molar-refractivity contribution in [2.24, 2.45) is 0 Å². The van der Waals surface area contributed by atoms with Gasteiger partial charge in [0.1, 0.15) is 5.03 Å². The molecule has 3 nitrogen and oxygen atoms in total. The van der Waals surface area contributed by atoms with Crippen molar-refractivity contribution in [3.8, 4) is 0 Å². The van der Waals surface area contributed by atoms with Gasteiger partial charge in [-0.3, -0.25) is 4.79 Å². The Morgan fingerprint density at radius 3 is 2.81 bits per heavy atom. The standard InChI is InChI=1S/C17H18N2OS/c20-13-19-12-5-4-10-16(19)15-9-6-11-18-17(15)21-14-7-2-1-3-8-14/h1-3,6-9,11,13,16H,4-5,10,12H2/t16-/m0/s1. The summed E-state index contributed by atoms with van der Waals surface area (Å²) in [5.74, 6) is 0. The summed E-state index contributed by atoms with van der Waals surface area (Å²) < 4.78 is 0. The van der Waals surface area contributed by atoms with Gasteiger partial charge < -0.3 is 4.90 Å². The van der Waals surface area contributed by atoms with Gasteiger partial charge in [0.25, 0.3) is 0 Å². The van der Waals surface area contributed by atoms with Crippen LogP contribution in [0.1, 0.15) is 30.9 Å². The summed E-state index contributed by atoms with van der Waals surface area (Å²) in [7, 11) is 0. The second-order valence-corrected chi connectivity index (χ2v) is 6.23. The van der Waals surface area contributed by atoms with Crippen LogP contribution in [0, 0.1) is 0 Å². The topological polar surface area (TPSA) is 33.2 Å². The predicted molar refractivity (Wildman–Crippen MR) is 84.2 cm³/mol. The highest BCUT2D eigenvalue weighted by atomic mass is 32.2. The van der Waals surface area contributed by atoms with E-state index in [4.69, 9.17) is 0 Å². The van der Waals surface area contributed by atoms with Crippen LogP contribution in [0.4, 0.5) is 0 Å². The van der Waals surface area contributed by atoms with Gasteiger partial charge in [-0.15, -0.1) is 0 Å². The minimum atomic E-state index is 0.163. The second-order valence-electron chi connectivity index (χ2n) is 5.17. The molecule has 1 aliphatic rings. The van der Waals surface area contributed by atoms with Gasteiger partial charge in [-0.25, -0.2) is 4.98 Å². The molecule has 4 heteroatoms. The Labute approximate surface area is 129 Å². The lowest BCUT2D eigenvalue weighted by molar-refractivity contribution is -0.121. The molecular weight excluding hydrogens is 280 g/mol. The third-order valence-corrected chi connectivity index (χ3v) is 4.84. The van der Waals surface area contributed by atoms with Crippen LogP contribution in [-0.4, -0.2) is 22.8 Å². The van der Waals surface area contributed by atoms with Crippen molar-refractivity contribution in [3.05, 3.63) is 54.2 Å². The molecule has 0 N–H and O–H groups in total. The summed E-state index contributed by atoms with van der Waals surface area (Å²) in [5, 5.41) is 1.00. The maximum absolute atomic E-state index is 11.3. The molecule has 1 aliphatic heterocycles. The van der Waals surface area contributed by atoms with Crippen LogP contribution < -0.4 is 0 Å². The van der Waals surface area contributed by atoms with E-state index in [1.54, 1.807) is 11.8 Å². The van der Waals surface area contributed by atoms with Crippen molar-refractivity contribution in [3.63, 3.8) is 0 Å². The van der Waals surface area contributed by atoms with Gasteiger partial charge in [0.05, 0.1) is 6.04 Å². The van der Waals surface area contributed by atoms with Gasteiger partial charge in [-0.05, 0) is 37.5 Å². The molecule has 0 aliphatic carbocycles. The fourth-order valence-corrected chi connectivity index (χ4v) is 3.71. The van der Waals surface area contributed by atoms with Crippen LogP contribution in [0.25, 0.3) is 0 Å². The smallest absolute Gasteiger partial charge is 0.210 e. The molecule has 1 amide bonds. The van der Waals surface area contributed by atoms with E-state index in [0.717, 1.165) is 36.4 Å². The summed E-state index contributed by atoms with van der Waals surface area (Å²) in [6.07, 6.45) is 6.08. The fraction of sp³-hybridized carbons (Fsp3) is 0.294. The van der Waals surface area contributed by atoms with Crippen LogP contribution >= 0.6 is 11.8 Å². The number of nitrogens with zero attached hydrogens (tertiary/aromatic N) is 2. The number of likely N-dealkylation sites (tertiary alicyclic amines) is 1. The Kier molecular flexibility index (Phi) is 4.55. The third kappa shape index (κ3) is 3.27. The Balaban J connectivity index is 1.90. The monoisotopic (exact) mass is 298 g/mol. The van der Waals surface area contributed by atoms with E-state index in [9.17, 15) is 4.79 Å². The molecule has 1 atom stereocenters. The molecule has 1 fully saturated rings. The molecule has 0 saturated carbocycles. The van der Waals surface area contributed by atoms with Gasteiger partial charge in [-0.1, -0.05) is 36.0 Å². The molecule has 0 bridgehead atoms. The summed E-state index contributed by atoms with van der Waals surface area (Å²) in [4.78, 5) is 18.9. The molecule has 0 spiro atoms. The molecule has 1 aromatic carbocycles. The van der Waals surface area contributed by atoms with E-state index in [2.05, 4.69) is 23.2 Å². The Hall–Kier alpha value is -1.81. The first-order valence-corrected chi connectivity index (χ1v) is 8.09. The normalized spacial score (nSPS) is 18.5. The highest BCUT2D eigenvalue weighted by Crippen LogP contribution is 2.37. The van der Waals surface area contributed by atoms with Crippen molar-refractivity contribution in [1.29, 1.82) is 0 Å². The molecule has 2 aromatic rings. The van der Waals surface area contributed by atoms with E-state index >= 15 is 0 Å². The number of benzene rings is 1. The first kappa shape index (κ1) is 14.1. The lowest BCUT2D eigenvalue weighted by Gasteiger charge is -2.33. The van der Waals surface area contributed by atoms with E-state index < -0.39 is 0 Å². The van der Waals surface area contributed by atoms with Crippen LogP contribution in [0.2, 0.25) is 0 Å². The van der Waals surface area contributed by atoms with Crippen molar-refractivity contribution >= 4 is 18.2 Å². The summed E-state index contributed by atoms with van der Waals surface area (Å²) >= 11 is 1.67. The molecule has 21 heavy (non-hydrogen) atoms. The summed E-state index contributed by atoms with van der Waals surface area (Å²) in [6, 6.07) is 14.5. The third-order valence-electron chi connectivity index (χ3n) is 3.80. The number of carbonyl (C=O) groups excluding carboxylic acids is 1. The largest absolute Gasteiger partial charge is 0.338 e. The van der Waals surface area contributed by atoms with Gasteiger partial charge >= 0.3 is 0 Å². The number of rotatable bonds is 4. The quantitative estimate of drug-likeness (QED) is 0.802. The van der Waals surface area contributed by atoms with Crippen LogP contribution in [-0.2, 0) is 4.79 Å². The minimum absolute atomic E-state index is 0.163. The number of pyridine rings is 1. The lowest BCUT2D eigenvalue weighted by Crippen LogP contribution is -2.32. The Morgan fingerprint density at radius 2 is 2.00 bits per heavy atom. The molecule has 1 aromatic heterocycles. The molecule has 0 unspecified atom stereocenters. The number of hydrogen-bond acceptors (Lipinski definition) is 3. The van der Waals surface area contributed by atoms with Crippen molar-refractivity contribution < 1.29 is 4.79 Å². The van der Waals surface area contributed by atoms with E-state index in [1.165, 1.54) is 11.3 Å². The van der Waals surface area contributed by atoms with E-state index in [1.807, 2.05) is 35.4 Å². The van der Waals surface area contributed by atoms with Crippen LogP contribution in [0.15, 0.2) is 58.6 Å². The molecule has 2 heterocycles. The number of amides is 1. The lowest BCUT2D eigenvalue weighted by atomic mass is 9.97. The molecular formula is C17H18N2OS. The number of carbonyl (C=O) groups is 1. The van der Waals surface area contributed by atoms with E-state index in [-0.39, 0.29) is 6.04 Å². The van der Waals surface area contributed by atoms with Crippen molar-refractivity contribution in [2.45, 2.75) is 35.2 Å². The predicted octanol–water partition coefficient (Wildman–Crippen LogP) is 3.92. The van der Waals surface area contributed by atoms with Crippen LogP contribution in [0.5, 0.6) is 0 Å². The number of piperidine rings is 1. The van der Waals surface area contributed by atoms with Crippen molar-refractivity contribution in [1.82, 2.24) is 9.88 Å². The Bertz CT molecular complexity index is 603. The van der Waals surface area contributed by atoms with Gasteiger partial charge in [0, 0.05) is 23.2 Å². The molecule has 108 valence electrons. The first-order chi connectivity index (χ1) is 10.4. The second kappa shape index (κ2) is 6.76. The fourth-order valence-electron chi connectivity index (χ4n) is 2.76. The average Bonchev–Trinajstić information content (AvgIpc) is 2.56. The number of aromatic nitrogens is 1. The maximum Gasteiger partial charge on any atom is 0.210 e. The van der Waals surface area contributed by atoms with Gasteiger partial charge in [0.15, 0.2) is 0 Å². The first-order valence-electron chi connectivity index (χ1n) is 7.27. The maximum atomic E-state index is 11.3. The summed E-state index contributed by atoms with van der Waals surface area (Å²) in [5.41, 5.74) is 1.16. The molecule has 1 saturated heterocycles. The Morgan fingerprint density at radius 1 is 1.14 bits per heavy atom. The summed E-state index contributed by atoms with van der Waals surface area (Å²) in [6.45, 7) is 0.846. The van der Waals surface area contributed by atoms with Gasteiger partial charge in [0.2, 0.25) is 6.41 Å². The molecule has 3 rings (SSSR count). The number of hydrogen-bond donors (Lipinski definition) is 0. The van der Waals surface area contributed by atoms with E-state index in [0.29, 0.717) is 0 Å².